The highest BCUT2D eigenvalue weighted by Gasteiger charge is 2.13. The second-order valence-electron chi connectivity index (χ2n) is 6.20. The molecule has 24 heavy (non-hydrogen) atoms. The van der Waals surface area contributed by atoms with Crippen molar-refractivity contribution in [3.63, 3.8) is 0 Å². The maximum absolute atomic E-state index is 12.2. The van der Waals surface area contributed by atoms with E-state index in [0.717, 1.165) is 17.1 Å². The van der Waals surface area contributed by atoms with Gasteiger partial charge in [-0.3, -0.25) is 4.79 Å². The second kappa shape index (κ2) is 8.25. The lowest BCUT2D eigenvalue weighted by atomic mass is 9.98. The number of benzene rings is 1. The SMILES string of the molecule is Cn1nnnc1SCCNC(=O)c1cccc(CCC(C)(C)O)c1. The van der Waals surface area contributed by atoms with E-state index in [1.807, 2.05) is 18.2 Å². The molecule has 0 atom stereocenters. The summed E-state index contributed by atoms with van der Waals surface area (Å²) in [5.41, 5.74) is 0.974. The Bertz CT molecular complexity index is 681. The first-order valence-electron chi connectivity index (χ1n) is 7.80. The maximum atomic E-state index is 12.2. The van der Waals surface area contributed by atoms with E-state index in [4.69, 9.17) is 0 Å². The molecule has 2 N–H and O–H groups in total. The molecule has 8 heteroatoms. The predicted molar refractivity (Wildman–Crippen MR) is 92.9 cm³/mol. The molecular formula is C16H23N5O2S. The topological polar surface area (TPSA) is 92.9 Å². The molecule has 0 aliphatic heterocycles. The molecule has 0 fully saturated rings. The molecule has 2 rings (SSSR count). The van der Waals surface area contributed by atoms with E-state index in [2.05, 4.69) is 20.8 Å². The van der Waals surface area contributed by atoms with Crippen LogP contribution in [0.3, 0.4) is 0 Å². The maximum Gasteiger partial charge on any atom is 0.251 e. The third kappa shape index (κ3) is 5.93. The second-order valence-corrected chi connectivity index (χ2v) is 7.26. The quantitative estimate of drug-likeness (QED) is 0.553. The number of amides is 1. The molecule has 0 bridgehead atoms. The minimum Gasteiger partial charge on any atom is -0.390 e. The Morgan fingerprint density at radius 3 is 2.88 bits per heavy atom. The zero-order chi connectivity index (χ0) is 17.6. The summed E-state index contributed by atoms with van der Waals surface area (Å²) in [6, 6.07) is 7.51. The van der Waals surface area contributed by atoms with Crippen molar-refractivity contribution in [3.05, 3.63) is 35.4 Å². The first-order chi connectivity index (χ1) is 11.3. The number of nitrogens with one attached hydrogen (secondary N) is 1. The van der Waals surface area contributed by atoms with Crippen LogP contribution < -0.4 is 5.32 Å². The van der Waals surface area contributed by atoms with Crippen molar-refractivity contribution >= 4 is 17.7 Å². The molecule has 0 unspecified atom stereocenters. The Labute approximate surface area is 145 Å². The molecule has 0 radical (unpaired) electrons. The summed E-state index contributed by atoms with van der Waals surface area (Å²) in [6.07, 6.45) is 1.39. The molecule has 0 aliphatic carbocycles. The molecule has 1 heterocycles. The number of aryl methyl sites for hydroxylation is 2. The molecule has 2 aromatic rings. The molecule has 7 nitrogen and oxygen atoms in total. The monoisotopic (exact) mass is 349 g/mol. The third-order valence-corrected chi connectivity index (χ3v) is 4.43. The van der Waals surface area contributed by atoms with Crippen LogP contribution in [0.1, 0.15) is 36.2 Å². The molecule has 1 aromatic heterocycles. The van der Waals surface area contributed by atoms with Crippen molar-refractivity contribution in [1.82, 2.24) is 25.5 Å². The lowest BCUT2D eigenvalue weighted by Crippen LogP contribution is -2.26. The third-order valence-electron chi connectivity index (χ3n) is 3.41. The first kappa shape index (κ1) is 18.4. The van der Waals surface area contributed by atoms with Crippen LogP contribution in [0.15, 0.2) is 29.4 Å². The van der Waals surface area contributed by atoms with Crippen LogP contribution >= 0.6 is 11.8 Å². The number of nitrogens with zero attached hydrogens (tertiary/aromatic N) is 4. The van der Waals surface area contributed by atoms with Gasteiger partial charge in [0.05, 0.1) is 5.60 Å². The lowest BCUT2D eigenvalue weighted by Gasteiger charge is -2.16. The van der Waals surface area contributed by atoms with E-state index < -0.39 is 5.60 Å². The highest BCUT2D eigenvalue weighted by molar-refractivity contribution is 7.99. The van der Waals surface area contributed by atoms with Crippen LogP contribution in [-0.2, 0) is 13.5 Å². The number of aromatic nitrogens is 4. The number of hydrogen-bond acceptors (Lipinski definition) is 6. The van der Waals surface area contributed by atoms with Crippen molar-refractivity contribution in [3.8, 4) is 0 Å². The van der Waals surface area contributed by atoms with Crippen molar-refractivity contribution in [2.75, 3.05) is 12.3 Å². The summed E-state index contributed by atoms with van der Waals surface area (Å²) in [4.78, 5) is 12.2. The fourth-order valence-corrected chi connectivity index (χ4v) is 2.78. The van der Waals surface area contributed by atoms with E-state index in [1.54, 1.807) is 31.6 Å². The summed E-state index contributed by atoms with van der Waals surface area (Å²) in [5.74, 6) is 0.593. The molecule has 1 amide bonds. The Morgan fingerprint density at radius 2 is 2.21 bits per heavy atom. The highest BCUT2D eigenvalue weighted by Crippen LogP contribution is 2.15. The van der Waals surface area contributed by atoms with Gasteiger partial charge < -0.3 is 10.4 Å². The molecule has 0 aliphatic rings. The number of rotatable bonds is 8. The van der Waals surface area contributed by atoms with Crippen molar-refractivity contribution < 1.29 is 9.90 Å². The number of thioether (sulfide) groups is 1. The van der Waals surface area contributed by atoms with Crippen molar-refractivity contribution in [2.45, 2.75) is 37.4 Å². The van der Waals surface area contributed by atoms with Crippen LogP contribution in [0.5, 0.6) is 0 Å². The van der Waals surface area contributed by atoms with E-state index in [0.29, 0.717) is 24.3 Å². The van der Waals surface area contributed by atoms with Gasteiger partial charge in [0, 0.05) is 24.9 Å². The normalized spacial score (nSPS) is 11.5. The average molecular weight is 349 g/mol. The van der Waals surface area contributed by atoms with Gasteiger partial charge in [-0.15, -0.1) is 5.10 Å². The Hall–Kier alpha value is -1.93. The average Bonchev–Trinajstić information content (AvgIpc) is 2.94. The lowest BCUT2D eigenvalue weighted by molar-refractivity contribution is 0.0714. The van der Waals surface area contributed by atoms with Crippen LogP contribution in [0.4, 0.5) is 0 Å². The van der Waals surface area contributed by atoms with E-state index in [9.17, 15) is 9.90 Å². The number of carbonyl (C=O) groups excluding carboxylic acids is 1. The fraction of sp³-hybridized carbons (Fsp3) is 0.500. The molecule has 130 valence electrons. The minimum atomic E-state index is -0.704. The van der Waals surface area contributed by atoms with Crippen LogP contribution in [0, 0.1) is 0 Å². The number of tetrazole rings is 1. The minimum absolute atomic E-state index is 0.100. The molecule has 0 saturated heterocycles. The van der Waals surface area contributed by atoms with E-state index >= 15 is 0 Å². The number of hydrogen-bond donors (Lipinski definition) is 2. The zero-order valence-electron chi connectivity index (χ0n) is 14.2. The molecule has 0 saturated carbocycles. The summed E-state index contributed by atoms with van der Waals surface area (Å²) < 4.78 is 1.60. The largest absolute Gasteiger partial charge is 0.390 e. The zero-order valence-corrected chi connectivity index (χ0v) is 15.0. The van der Waals surface area contributed by atoms with Gasteiger partial charge in [-0.2, -0.15) is 0 Å². The smallest absolute Gasteiger partial charge is 0.251 e. The van der Waals surface area contributed by atoms with Gasteiger partial charge in [0.25, 0.3) is 5.91 Å². The molecule has 0 spiro atoms. The van der Waals surface area contributed by atoms with Gasteiger partial charge in [0.15, 0.2) is 0 Å². The standard InChI is InChI=1S/C16H23N5O2S/c1-16(2,23)8-7-12-5-4-6-13(11-12)14(22)17-9-10-24-15-18-19-20-21(15)3/h4-6,11,23H,7-10H2,1-3H3,(H,17,22). The van der Waals surface area contributed by atoms with E-state index in [1.165, 1.54) is 11.8 Å². The fourth-order valence-electron chi connectivity index (χ4n) is 2.07. The van der Waals surface area contributed by atoms with Gasteiger partial charge in [-0.25, -0.2) is 4.68 Å². The van der Waals surface area contributed by atoms with Gasteiger partial charge in [-0.1, -0.05) is 23.9 Å². The Morgan fingerprint density at radius 1 is 1.42 bits per heavy atom. The predicted octanol–water partition coefficient (Wildman–Crippen LogP) is 1.44. The summed E-state index contributed by atoms with van der Waals surface area (Å²) in [6.45, 7) is 4.10. The summed E-state index contributed by atoms with van der Waals surface area (Å²) in [7, 11) is 1.78. The van der Waals surface area contributed by atoms with Crippen LogP contribution in [-0.4, -0.2) is 49.1 Å². The van der Waals surface area contributed by atoms with Crippen molar-refractivity contribution in [1.29, 1.82) is 0 Å². The summed E-state index contributed by atoms with van der Waals surface area (Å²) in [5, 5.41) is 24.6. The van der Waals surface area contributed by atoms with E-state index in [-0.39, 0.29) is 5.91 Å². The van der Waals surface area contributed by atoms with Crippen molar-refractivity contribution in [2.24, 2.45) is 7.05 Å². The van der Waals surface area contributed by atoms with Gasteiger partial charge in [0.1, 0.15) is 0 Å². The Kier molecular flexibility index (Phi) is 6.33. The summed E-state index contributed by atoms with van der Waals surface area (Å²) >= 11 is 1.49. The van der Waals surface area contributed by atoms with Crippen LogP contribution in [0.25, 0.3) is 0 Å². The highest BCUT2D eigenvalue weighted by atomic mass is 32.2. The van der Waals surface area contributed by atoms with Gasteiger partial charge in [0.2, 0.25) is 5.16 Å². The van der Waals surface area contributed by atoms with Gasteiger partial charge >= 0.3 is 0 Å². The Balaban J connectivity index is 1.80. The number of aliphatic hydroxyl groups is 1. The first-order valence-corrected chi connectivity index (χ1v) is 8.78. The number of carbonyl (C=O) groups is 1. The molecule has 1 aromatic carbocycles. The molecular weight excluding hydrogens is 326 g/mol. The van der Waals surface area contributed by atoms with Gasteiger partial charge in [-0.05, 0) is 54.8 Å². The van der Waals surface area contributed by atoms with Crippen LogP contribution in [0.2, 0.25) is 0 Å².